The quantitative estimate of drug-likeness (QED) is 0.520. The maximum absolute atomic E-state index is 12.3. The fourth-order valence-corrected chi connectivity index (χ4v) is 2.76. The molecule has 0 aliphatic rings. The number of carbonyl (C=O) groups excluding carboxylic acids is 1. The first-order valence-electron chi connectivity index (χ1n) is 9.06. The Morgan fingerprint density at radius 1 is 0.966 bits per heavy atom. The Balaban J connectivity index is 1.42. The summed E-state index contributed by atoms with van der Waals surface area (Å²) in [7, 11) is 0. The number of aromatic nitrogens is 3. The molecule has 0 aliphatic carbocycles. The molecule has 1 amide bonds. The fourth-order valence-electron chi connectivity index (χ4n) is 2.76. The van der Waals surface area contributed by atoms with E-state index in [0.717, 1.165) is 11.1 Å². The monoisotopic (exact) mass is 386 g/mol. The van der Waals surface area contributed by atoms with Crippen LogP contribution in [0.5, 0.6) is 5.75 Å². The average molecular weight is 386 g/mol. The van der Waals surface area contributed by atoms with Crippen molar-refractivity contribution in [1.29, 1.82) is 0 Å². The average Bonchev–Trinajstić information content (AvgIpc) is 3.24. The van der Waals surface area contributed by atoms with Gasteiger partial charge in [0.15, 0.2) is 6.61 Å². The Bertz CT molecular complexity index is 1080. The Hall–Kier alpha value is -4.00. The van der Waals surface area contributed by atoms with Gasteiger partial charge in [-0.1, -0.05) is 41.6 Å². The Kier molecular flexibility index (Phi) is 5.57. The van der Waals surface area contributed by atoms with Gasteiger partial charge in [-0.25, -0.2) is 0 Å². The molecule has 2 aromatic heterocycles. The molecule has 0 saturated carbocycles. The van der Waals surface area contributed by atoms with E-state index in [-0.39, 0.29) is 12.5 Å². The first kappa shape index (κ1) is 18.4. The van der Waals surface area contributed by atoms with E-state index in [9.17, 15) is 4.79 Å². The molecule has 0 unspecified atom stereocenters. The van der Waals surface area contributed by atoms with Gasteiger partial charge in [-0.15, -0.1) is 0 Å². The summed E-state index contributed by atoms with van der Waals surface area (Å²) in [6.07, 6.45) is 3.75. The lowest BCUT2D eigenvalue weighted by Gasteiger charge is -2.10. The summed E-state index contributed by atoms with van der Waals surface area (Å²) in [4.78, 5) is 20.7. The minimum Gasteiger partial charge on any atom is -0.484 e. The zero-order chi connectivity index (χ0) is 19.9. The maximum atomic E-state index is 12.3. The van der Waals surface area contributed by atoms with Gasteiger partial charge in [-0.2, -0.15) is 4.98 Å². The minimum absolute atomic E-state index is 0.0783. The molecule has 0 bridgehead atoms. The number of anilines is 1. The zero-order valence-corrected chi connectivity index (χ0v) is 15.5. The number of carbonyl (C=O) groups is 1. The molecule has 7 heteroatoms. The van der Waals surface area contributed by atoms with Gasteiger partial charge in [-0.3, -0.25) is 9.78 Å². The van der Waals surface area contributed by atoms with Crippen LogP contribution in [0.15, 0.2) is 83.6 Å². The van der Waals surface area contributed by atoms with Crippen molar-refractivity contribution < 1.29 is 14.1 Å². The van der Waals surface area contributed by atoms with Crippen LogP contribution in [0.2, 0.25) is 0 Å². The third-order valence-electron chi connectivity index (χ3n) is 4.15. The second-order valence-corrected chi connectivity index (χ2v) is 6.23. The van der Waals surface area contributed by atoms with Gasteiger partial charge in [0.25, 0.3) is 5.91 Å². The highest BCUT2D eigenvalue weighted by atomic mass is 16.5. The maximum Gasteiger partial charge on any atom is 0.262 e. The van der Waals surface area contributed by atoms with E-state index >= 15 is 0 Å². The molecular formula is C22H18N4O3. The number of amides is 1. The molecule has 144 valence electrons. The number of ether oxygens (including phenoxy) is 1. The van der Waals surface area contributed by atoms with Crippen molar-refractivity contribution in [2.24, 2.45) is 0 Å². The summed E-state index contributed by atoms with van der Waals surface area (Å²) < 4.78 is 10.9. The number of nitrogens with one attached hydrogen (secondary N) is 1. The second kappa shape index (κ2) is 8.79. The summed E-state index contributed by atoms with van der Waals surface area (Å²) in [6.45, 7) is -0.0783. The van der Waals surface area contributed by atoms with Gasteiger partial charge in [0, 0.05) is 23.6 Å². The molecule has 4 rings (SSSR count). The summed E-state index contributed by atoms with van der Waals surface area (Å²) in [6, 6.07) is 20.3. The van der Waals surface area contributed by atoms with Crippen molar-refractivity contribution in [2.45, 2.75) is 6.42 Å². The van der Waals surface area contributed by atoms with Crippen LogP contribution in [0.3, 0.4) is 0 Å². The number of benzene rings is 2. The van der Waals surface area contributed by atoms with Crippen molar-refractivity contribution in [3.05, 3.63) is 90.6 Å². The predicted molar refractivity (Wildman–Crippen MR) is 107 cm³/mol. The van der Waals surface area contributed by atoms with Gasteiger partial charge in [0.1, 0.15) is 5.75 Å². The Morgan fingerprint density at radius 2 is 1.72 bits per heavy atom. The molecule has 2 heterocycles. The van der Waals surface area contributed by atoms with Crippen molar-refractivity contribution in [3.8, 4) is 17.1 Å². The molecule has 0 fully saturated rings. The molecule has 0 aliphatic heterocycles. The van der Waals surface area contributed by atoms with Crippen LogP contribution in [-0.4, -0.2) is 27.6 Å². The van der Waals surface area contributed by atoms with E-state index in [2.05, 4.69) is 20.4 Å². The van der Waals surface area contributed by atoms with Gasteiger partial charge in [0.2, 0.25) is 11.7 Å². The van der Waals surface area contributed by atoms with Crippen LogP contribution in [0.25, 0.3) is 11.4 Å². The fraction of sp³-hybridized carbons (Fsp3) is 0.0909. The summed E-state index contributed by atoms with van der Waals surface area (Å²) in [5.41, 5.74) is 2.37. The number of para-hydroxylation sites is 2. The van der Waals surface area contributed by atoms with E-state index in [1.165, 1.54) is 0 Å². The van der Waals surface area contributed by atoms with Crippen LogP contribution in [-0.2, 0) is 11.2 Å². The van der Waals surface area contributed by atoms with E-state index in [1.54, 1.807) is 24.5 Å². The van der Waals surface area contributed by atoms with Crippen molar-refractivity contribution in [3.63, 3.8) is 0 Å². The van der Waals surface area contributed by atoms with Crippen LogP contribution >= 0.6 is 0 Å². The highest BCUT2D eigenvalue weighted by Crippen LogP contribution is 2.21. The van der Waals surface area contributed by atoms with E-state index in [4.69, 9.17) is 9.26 Å². The van der Waals surface area contributed by atoms with Crippen LogP contribution in [0, 0.1) is 0 Å². The summed E-state index contributed by atoms with van der Waals surface area (Å²) in [5, 5.41) is 6.89. The first-order chi connectivity index (χ1) is 14.3. The first-order valence-corrected chi connectivity index (χ1v) is 9.06. The third-order valence-corrected chi connectivity index (χ3v) is 4.15. The van der Waals surface area contributed by atoms with Crippen molar-refractivity contribution >= 4 is 11.6 Å². The largest absolute Gasteiger partial charge is 0.484 e. The molecule has 1 N–H and O–H groups in total. The topological polar surface area (TPSA) is 90.1 Å². The van der Waals surface area contributed by atoms with Gasteiger partial charge < -0.3 is 14.6 Å². The smallest absolute Gasteiger partial charge is 0.262 e. The van der Waals surface area contributed by atoms with Gasteiger partial charge in [-0.05, 0) is 35.9 Å². The molecule has 0 spiro atoms. The highest BCUT2D eigenvalue weighted by Gasteiger charge is 2.13. The van der Waals surface area contributed by atoms with E-state index < -0.39 is 0 Å². The van der Waals surface area contributed by atoms with Crippen molar-refractivity contribution in [2.75, 3.05) is 11.9 Å². The highest BCUT2D eigenvalue weighted by molar-refractivity contribution is 5.92. The molecule has 29 heavy (non-hydrogen) atoms. The second-order valence-electron chi connectivity index (χ2n) is 6.23. The minimum atomic E-state index is -0.246. The lowest BCUT2D eigenvalue weighted by atomic mass is 10.1. The lowest BCUT2D eigenvalue weighted by Crippen LogP contribution is -2.21. The number of hydrogen-bond acceptors (Lipinski definition) is 6. The molecule has 0 atom stereocenters. The molecule has 0 saturated heterocycles. The number of hydrogen-bond donors (Lipinski definition) is 1. The van der Waals surface area contributed by atoms with Crippen LogP contribution in [0.1, 0.15) is 11.5 Å². The predicted octanol–water partition coefficient (Wildman–Crippen LogP) is 3.74. The van der Waals surface area contributed by atoms with Gasteiger partial charge in [0.05, 0.1) is 6.42 Å². The molecule has 7 nitrogen and oxygen atoms in total. The normalized spacial score (nSPS) is 10.5. The van der Waals surface area contributed by atoms with Crippen LogP contribution in [0.4, 0.5) is 5.69 Å². The molecule has 2 aromatic carbocycles. The van der Waals surface area contributed by atoms with Crippen molar-refractivity contribution in [1.82, 2.24) is 15.1 Å². The Labute approximate surface area is 167 Å². The molecule has 4 aromatic rings. The van der Waals surface area contributed by atoms with E-state index in [1.807, 2.05) is 54.6 Å². The van der Waals surface area contributed by atoms with Gasteiger partial charge >= 0.3 is 0 Å². The number of nitrogens with zero attached hydrogens (tertiary/aromatic N) is 3. The Morgan fingerprint density at radius 3 is 2.55 bits per heavy atom. The molecule has 0 radical (unpaired) electrons. The molecular weight excluding hydrogens is 368 g/mol. The lowest BCUT2D eigenvalue weighted by molar-refractivity contribution is -0.118. The third kappa shape index (κ3) is 4.84. The summed E-state index contributed by atoms with van der Waals surface area (Å²) >= 11 is 0. The number of pyridine rings is 1. The number of rotatable bonds is 7. The summed E-state index contributed by atoms with van der Waals surface area (Å²) in [5.74, 6) is 1.36. The van der Waals surface area contributed by atoms with Crippen LogP contribution < -0.4 is 10.1 Å². The van der Waals surface area contributed by atoms with E-state index in [0.29, 0.717) is 29.6 Å². The zero-order valence-electron chi connectivity index (χ0n) is 15.5. The SMILES string of the molecule is O=C(COc1ccccc1)Nc1ccccc1Cc1nc(-c2ccncc2)no1. The standard InChI is InChI=1S/C22H18N4O3/c27-20(15-28-18-7-2-1-3-8-18)24-19-9-5-4-6-17(19)14-21-25-22(26-29-21)16-10-12-23-13-11-16/h1-13H,14-15H2,(H,24,27).